The van der Waals surface area contributed by atoms with Crippen LogP contribution < -0.4 is 9.47 Å². The van der Waals surface area contributed by atoms with Crippen molar-refractivity contribution in [2.45, 2.75) is 11.8 Å². The third-order valence-corrected chi connectivity index (χ3v) is 3.36. The maximum atomic E-state index is 5.23. The lowest BCUT2D eigenvalue weighted by Crippen LogP contribution is -1.95. The summed E-state index contributed by atoms with van der Waals surface area (Å²) in [5, 5.41) is 0. The third kappa shape index (κ3) is 2.53. The summed E-state index contributed by atoms with van der Waals surface area (Å²) in [7, 11) is 3.29. The minimum atomic E-state index is 0.314. The standard InChI is InChI=1S/C10H12BrIO2/c1-6(11)7-4-9(13-2)10(14-3)5-8(7)12/h4-6H,1-3H3. The minimum Gasteiger partial charge on any atom is -0.493 e. The average molecular weight is 371 g/mol. The van der Waals surface area contributed by atoms with E-state index in [2.05, 4.69) is 45.4 Å². The van der Waals surface area contributed by atoms with Crippen molar-refractivity contribution in [2.75, 3.05) is 14.2 Å². The molecule has 1 unspecified atom stereocenters. The van der Waals surface area contributed by atoms with Gasteiger partial charge in [-0.05, 0) is 47.2 Å². The normalized spacial score (nSPS) is 12.4. The van der Waals surface area contributed by atoms with E-state index in [0.29, 0.717) is 4.83 Å². The van der Waals surface area contributed by atoms with Crippen molar-refractivity contribution in [1.82, 2.24) is 0 Å². The largest absolute Gasteiger partial charge is 0.493 e. The van der Waals surface area contributed by atoms with Crippen LogP contribution in [0.2, 0.25) is 0 Å². The Balaban J connectivity index is 3.23. The summed E-state index contributed by atoms with van der Waals surface area (Å²) in [4.78, 5) is 0.314. The Kier molecular flexibility index (Phi) is 4.50. The van der Waals surface area contributed by atoms with Gasteiger partial charge in [-0.3, -0.25) is 0 Å². The average Bonchev–Trinajstić information content (AvgIpc) is 2.16. The second kappa shape index (κ2) is 5.21. The Morgan fingerprint density at radius 1 is 1.21 bits per heavy atom. The highest BCUT2D eigenvalue weighted by molar-refractivity contribution is 14.1. The summed E-state index contributed by atoms with van der Waals surface area (Å²) in [6.45, 7) is 2.09. The number of hydrogen-bond donors (Lipinski definition) is 0. The van der Waals surface area contributed by atoms with Crippen molar-refractivity contribution in [2.24, 2.45) is 0 Å². The zero-order chi connectivity index (χ0) is 10.7. The number of alkyl halides is 1. The topological polar surface area (TPSA) is 18.5 Å². The monoisotopic (exact) mass is 370 g/mol. The summed E-state index contributed by atoms with van der Waals surface area (Å²) in [5.74, 6) is 1.54. The predicted molar refractivity (Wildman–Crippen MR) is 69.6 cm³/mol. The molecule has 2 nitrogen and oxygen atoms in total. The van der Waals surface area contributed by atoms with Crippen LogP contribution in [-0.2, 0) is 0 Å². The first-order valence-electron chi connectivity index (χ1n) is 4.15. The highest BCUT2D eigenvalue weighted by Crippen LogP contribution is 2.36. The molecule has 4 heteroatoms. The van der Waals surface area contributed by atoms with Gasteiger partial charge in [0, 0.05) is 8.40 Å². The van der Waals surface area contributed by atoms with E-state index in [4.69, 9.17) is 9.47 Å². The molecule has 1 aromatic rings. The first-order valence-corrected chi connectivity index (χ1v) is 6.15. The Morgan fingerprint density at radius 2 is 1.71 bits per heavy atom. The fourth-order valence-electron chi connectivity index (χ4n) is 1.17. The number of benzene rings is 1. The second-order valence-corrected chi connectivity index (χ2v) is 5.38. The Hall–Kier alpha value is 0.0300. The molecule has 0 amide bonds. The number of methoxy groups -OCH3 is 2. The van der Waals surface area contributed by atoms with Gasteiger partial charge in [-0.1, -0.05) is 15.9 Å². The minimum absolute atomic E-state index is 0.314. The van der Waals surface area contributed by atoms with E-state index >= 15 is 0 Å². The molecule has 0 aliphatic rings. The van der Waals surface area contributed by atoms with Crippen molar-refractivity contribution in [3.05, 3.63) is 21.3 Å². The molecule has 0 fully saturated rings. The van der Waals surface area contributed by atoms with Gasteiger partial charge in [0.15, 0.2) is 11.5 Å². The predicted octanol–water partition coefficient (Wildman–Crippen LogP) is 3.76. The van der Waals surface area contributed by atoms with E-state index in [-0.39, 0.29) is 0 Å². The van der Waals surface area contributed by atoms with Gasteiger partial charge >= 0.3 is 0 Å². The van der Waals surface area contributed by atoms with E-state index in [1.807, 2.05) is 12.1 Å². The van der Waals surface area contributed by atoms with Crippen molar-refractivity contribution in [1.29, 1.82) is 0 Å². The van der Waals surface area contributed by atoms with Gasteiger partial charge in [0.1, 0.15) is 0 Å². The molecule has 1 atom stereocenters. The molecule has 0 N–H and O–H groups in total. The molecule has 0 aliphatic carbocycles. The number of halogens is 2. The third-order valence-electron chi connectivity index (χ3n) is 1.93. The van der Waals surface area contributed by atoms with Crippen LogP contribution in [0.15, 0.2) is 12.1 Å². The molecule has 14 heavy (non-hydrogen) atoms. The Labute approximate surface area is 106 Å². The van der Waals surface area contributed by atoms with Gasteiger partial charge < -0.3 is 9.47 Å². The van der Waals surface area contributed by atoms with Gasteiger partial charge in [-0.2, -0.15) is 0 Å². The van der Waals surface area contributed by atoms with Crippen LogP contribution in [0.4, 0.5) is 0 Å². The lowest BCUT2D eigenvalue weighted by molar-refractivity contribution is 0.354. The molecule has 0 aromatic heterocycles. The van der Waals surface area contributed by atoms with Crippen LogP contribution in [0.1, 0.15) is 17.3 Å². The van der Waals surface area contributed by atoms with E-state index < -0.39 is 0 Å². The first-order chi connectivity index (χ1) is 6.60. The van der Waals surface area contributed by atoms with Gasteiger partial charge in [0.2, 0.25) is 0 Å². The molecular formula is C10H12BrIO2. The molecule has 1 aromatic carbocycles. The number of ether oxygens (including phenoxy) is 2. The van der Waals surface area contributed by atoms with E-state index in [0.717, 1.165) is 11.5 Å². The van der Waals surface area contributed by atoms with Gasteiger partial charge in [-0.15, -0.1) is 0 Å². The SMILES string of the molecule is COc1cc(I)c(C(C)Br)cc1OC. The van der Waals surface area contributed by atoms with E-state index in [9.17, 15) is 0 Å². The molecular weight excluding hydrogens is 359 g/mol. The smallest absolute Gasteiger partial charge is 0.161 e. The Morgan fingerprint density at radius 3 is 2.14 bits per heavy atom. The second-order valence-electron chi connectivity index (χ2n) is 2.84. The van der Waals surface area contributed by atoms with Gasteiger partial charge in [-0.25, -0.2) is 0 Å². The van der Waals surface area contributed by atoms with Gasteiger partial charge in [0.05, 0.1) is 14.2 Å². The molecule has 0 spiro atoms. The van der Waals surface area contributed by atoms with Crippen molar-refractivity contribution in [3.63, 3.8) is 0 Å². The van der Waals surface area contributed by atoms with Crippen LogP contribution >= 0.6 is 38.5 Å². The molecule has 0 bridgehead atoms. The number of rotatable bonds is 3. The summed E-state index contributed by atoms with van der Waals surface area (Å²) >= 11 is 5.83. The van der Waals surface area contributed by atoms with Crippen molar-refractivity contribution >= 4 is 38.5 Å². The molecule has 0 saturated heterocycles. The van der Waals surface area contributed by atoms with E-state index in [1.165, 1.54) is 9.13 Å². The molecule has 0 radical (unpaired) electrons. The van der Waals surface area contributed by atoms with E-state index in [1.54, 1.807) is 14.2 Å². The molecule has 1 rings (SSSR count). The molecule has 78 valence electrons. The number of hydrogen-bond acceptors (Lipinski definition) is 2. The fourth-order valence-corrected chi connectivity index (χ4v) is 2.89. The molecule has 0 heterocycles. The van der Waals surface area contributed by atoms with Crippen molar-refractivity contribution in [3.8, 4) is 11.5 Å². The van der Waals surface area contributed by atoms with Crippen LogP contribution in [0.3, 0.4) is 0 Å². The van der Waals surface area contributed by atoms with Crippen LogP contribution in [0.5, 0.6) is 11.5 Å². The quantitative estimate of drug-likeness (QED) is 0.595. The maximum Gasteiger partial charge on any atom is 0.161 e. The highest BCUT2D eigenvalue weighted by atomic mass is 127. The first kappa shape index (κ1) is 12.1. The molecule has 0 aliphatic heterocycles. The zero-order valence-corrected chi connectivity index (χ0v) is 12.0. The summed E-state index contributed by atoms with van der Waals surface area (Å²) < 4.78 is 11.6. The summed E-state index contributed by atoms with van der Waals surface area (Å²) in [6.07, 6.45) is 0. The fraction of sp³-hybridized carbons (Fsp3) is 0.400. The van der Waals surface area contributed by atoms with Crippen LogP contribution in [0.25, 0.3) is 0 Å². The molecule has 0 saturated carbocycles. The van der Waals surface area contributed by atoms with Crippen LogP contribution in [0, 0.1) is 3.57 Å². The van der Waals surface area contributed by atoms with Crippen molar-refractivity contribution < 1.29 is 9.47 Å². The Bertz CT molecular complexity index is 326. The lowest BCUT2D eigenvalue weighted by Gasteiger charge is -2.13. The summed E-state index contributed by atoms with van der Waals surface area (Å²) in [6, 6.07) is 3.98. The lowest BCUT2D eigenvalue weighted by atomic mass is 10.1. The zero-order valence-electron chi connectivity index (χ0n) is 8.30. The van der Waals surface area contributed by atoms with Crippen LogP contribution in [-0.4, -0.2) is 14.2 Å². The maximum absolute atomic E-state index is 5.23. The summed E-state index contributed by atoms with van der Waals surface area (Å²) in [5.41, 5.74) is 1.21. The highest BCUT2D eigenvalue weighted by Gasteiger charge is 2.12. The van der Waals surface area contributed by atoms with Gasteiger partial charge in [0.25, 0.3) is 0 Å².